The molecule has 0 saturated carbocycles. The molecule has 1 fully saturated rings. The summed E-state index contributed by atoms with van der Waals surface area (Å²) in [6.45, 7) is 2.11. The Balaban J connectivity index is 1.74. The molecule has 0 bridgehead atoms. The van der Waals surface area contributed by atoms with Gasteiger partial charge in [0.25, 0.3) is 0 Å². The average Bonchev–Trinajstić information content (AvgIpc) is 2.74. The molecule has 0 N–H and O–H groups in total. The van der Waals surface area contributed by atoms with Crippen LogP contribution in [0.4, 0.5) is 33.3 Å². The Labute approximate surface area is 188 Å². The van der Waals surface area contributed by atoms with E-state index in [4.69, 9.17) is 0 Å². The standard InChI is InChI=1S/C21H22F5N3O3S/c1-14(29(33(2,31)32)17-6-7-18(22)19(23)13-17)20(30)28-10-8-27(9-11-28)16-5-3-4-15(12-16)21(24,25)26/h3-7,12-14H,8-11H2,1-2H3/t14-/m0/s1. The largest absolute Gasteiger partial charge is 0.416 e. The van der Waals surface area contributed by atoms with Crippen LogP contribution in [0.15, 0.2) is 42.5 Å². The van der Waals surface area contributed by atoms with Crippen LogP contribution >= 0.6 is 0 Å². The zero-order valence-corrected chi connectivity index (χ0v) is 18.6. The molecule has 2 aromatic carbocycles. The highest BCUT2D eigenvalue weighted by molar-refractivity contribution is 7.92. The Morgan fingerprint density at radius 3 is 2.18 bits per heavy atom. The minimum absolute atomic E-state index is 0.148. The van der Waals surface area contributed by atoms with Gasteiger partial charge in [0.05, 0.1) is 17.5 Å². The average molecular weight is 491 g/mol. The van der Waals surface area contributed by atoms with Gasteiger partial charge in [-0.15, -0.1) is 0 Å². The van der Waals surface area contributed by atoms with Crippen LogP contribution in [0.2, 0.25) is 0 Å². The topological polar surface area (TPSA) is 60.9 Å². The second-order valence-electron chi connectivity index (χ2n) is 7.69. The van der Waals surface area contributed by atoms with Crippen molar-refractivity contribution in [3.63, 3.8) is 0 Å². The third-order valence-electron chi connectivity index (χ3n) is 5.35. The van der Waals surface area contributed by atoms with E-state index in [1.165, 1.54) is 17.9 Å². The summed E-state index contributed by atoms with van der Waals surface area (Å²) in [5, 5.41) is 0. The number of carbonyl (C=O) groups excluding carboxylic acids is 1. The van der Waals surface area contributed by atoms with Gasteiger partial charge < -0.3 is 9.80 Å². The summed E-state index contributed by atoms with van der Waals surface area (Å²) in [7, 11) is -4.02. The zero-order chi connectivity index (χ0) is 24.6. The van der Waals surface area contributed by atoms with Gasteiger partial charge in [-0.1, -0.05) is 6.07 Å². The number of sulfonamides is 1. The van der Waals surface area contributed by atoms with Gasteiger partial charge in [0.15, 0.2) is 11.6 Å². The molecular formula is C21H22F5N3O3S. The van der Waals surface area contributed by atoms with Gasteiger partial charge in [-0.05, 0) is 37.3 Å². The molecule has 1 aliphatic rings. The fraction of sp³-hybridized carbons (Fsp3) is 0.381. The van der Waals surface area contributed by atoms with Crippen LogP contribution in [0.5, 0.6) is 0 Å². The molecule has 180 valence electrons. The van der Waals surface area contributed by atoms with E-state index in [0.29, 0.717) is 11.8 Å². The molecule has 0 spiro atoms. The number of nitrogens with zero attached hydrogens (tertiary/aromatic N) is 3. The van der Waals surface area contributed by atoms with Crippen molar-refractivity contribution in [1.82, 2.24) is 4.90 Å². The van der Waals surface area contributed by atoms with Gasteiger partial charge in [0.2, 0.25) is 15.9 Å². The van der Waals surface area contributed by atoms with Crippen LogP contribution in [-0.4, -0.2) is 57.7 Å². The molecule has 12 heteroatoms. The summed E-state index contributed by atoms with van der Waals surface area (Å²) >= 11 is 0. The quantitative estimate of drug-likeness (QED) is 0.601. The van der Waals surface area contributed by atoms with Crippen molar-refractivity contribution in [1.29, 1.82) is 0 Å². The molecule has 0 aliphatic carbocycles. The molecule has 2 aromatic rings. The Morgan fingerprint density at radius 2 is 1.64 bits per heavy atom. The summed E-state index contributed by atoms with van der Waals surface area (Å²) < 4.78 is 91.3. The Hall–Kier alpha value is -2.89. The van der Waals surface area contributed by atoms with Crippen molar-refractivity contribution in [2.45, 2.75) is 19.1 Å². The Bertz CT molecular complexity index is 1130. The van der Waals surface area contributed by atoms with Gasteiger partial charge in [-0.3, -0.25) is 9.10 Å². The fourth-order valence-corrected chi connectivity index (χ4v) is 4.91. The van der Waals surface area contributed by atoms with Gasteiger partial charge >= 0.3 is 6.18 Å². The summed E-state index contributed by atoms with van der Waals surface area (Å²) in [4.78, 5) is 16.1. The highest BCUT2D eigenvalue weighted by Gasteiger charge is 2.34. The second kappa shape index (κ2) is 9.16. The lowest BCUT2D eigenvalue weighted by molar-refractivity contribution is -0.137. The Kier molecular flexibility index (Phi) is 6.87. The molecular weight excluding hydrogens is 469 g/mol. The van der Waals surface area contributed by atoms with Crippen LogP contribution in [-0.2, 0) is 21.0 Å². The molecule has 33 heavy (non-hydrogen) atoms. The third-order valence-corrected chi connectivity index (χ3v) is 6.60. The summed E-state index contributed by atoms with van der Waals surface area (Å²) in [6, 6.07) is 6.16. The normalized spacial score (nSPS) is 16.0. The van der Waals surface area contributed by atoms with E-state index in [0.717, 1.165) is 34.8 Å². The number of anilines is 2. The monoisotopic (exact) mass is 491 g/mol. The second-order valence-corrected chi connectivity index (χ2v) is 9.55. The first-order valence-corrected chi connectivity index (χ1v) is 11.8. The van der Waals surface area contributed by atoms with E-state index < -0.39 is 45.3 Å². The third kappa shape index (κ3) is 5.55. The number of halogens is 5. The number of amides is 1. The van der Waals surface area contributed by atoms with Crippen LogP contribution in [0, 0.1) is 11.6 Å². The summed E-state index contributed by atoms with van der Waals surface area (Å²) in [5.74, 6) is -2.97. The van der Waals surface area contributed by atoms with Gasteiger partial charge in [0, 0.05) is 37.9 Å². The lowest BCUT2D eigenvalue weighted by atomic mass is 10.1. The lowest BCUT2D eigenvalue weighted by Gasteiger charge is -2.39. The van der Waals surface area contributed by atoms with Crippen LogP contribution in [0.3, 0.4) is 0 Å². The smallest absolute Gasteiger partial charge is 0.368 e. The lowest BCUT2D eigenvalue weighted by Crippen LogP contribution is -2.55. The first-order chi connectivity index (χ1) is 15.3. The van der Waals surface area contributed by atoms with Crippen LogP contribution in [0.25, 0.3) is 0 Å². The summed E-state index contributed by atoms with van der Waals surface area (Å²) in [5.41, 5.74) is -0.605. The SMILES string of the molecule is C[C@@H](C(=O)N1CCN(c2cccc(C(F)(F)F)c2)CC1)N(c1ccc(F)c(F)c1)S(C)(=O)=O. The number of hydrogen-bond donors (Lipinski definition) is 0. The zero-order valence-electron chi connectivity index (χ0n) is 17.8. The van der Waals surface area contributed by atoms with E-state index in [1.807, 2.05) is 0 Å². The van der Waals surface area contributed by atoms with E-state index in [1.54, 1.807) is 11.0 Å². The van der Waals surface area contributed by atoms with E-state index >= 15 is 0 Å². The van der Waals surface area contributed by atoms with Crippen molar-refractivity contribution >= 4 is 27.3 Å². The maximum absolute atomic E-state index is 13.7. The van der Waals surface area contributed by atoms with Crippen molar-refractivity contribution in [3.8, 4) is 0 Å². The molecule has 6 nitrogen and oxygen atoms in total. The van der Waals surface area contributed by atoms with Crippen molar-refractivity contribution in [3.05, 3.63) is 59.7 Å². The molecule has 1 amide bonds. The molecule has 1 heterocycles. The fourth-order valence-electron chi connectivity index (χ4n) is 3.75. The van der Waals surface area contributed by atoms with E-state index in [9.17, 15) is 35.2 Å². The highest BCUT2D eigenvalue weighted by Crippen LogP contribution is 2.32. The minimum Gasteiger partial charge on any atom is -0.368 e. The number of carbonyl (C=O) groups is 1. The predicted molar refractivity (Wildman–Crippen MR) is 113 cm³/mol. The summed E-state index contributed by atoms with van der Waals surface area (Å²) in [6.07, 6.45) is -3.62. The van der Waals surface area contributed by atoms with Crippen molar-refractivity contribution in [2.75, 3.05) is 41.6 Å². The first-order valence-electron chi connectivity index (χ1n) is 9.94. The Morgan fingerprint density at radius 1 is 1.00 bits per heavy atom. The van der Waals surface area contributed by atoms with Gasteiger partial charge in [-0.25, -0.2) is 17.2 Å². The molecule has 0 aromatic heterocycles. The minimum atomic E-state index is -4.47. The van der Waals surface area contributed by atoms with Crippen molar-refractivity contribution in [2.24, 2.45) is 0 Å². The molecule has 1 atom stereocenters. The molecule has 0 unspecified atom stereocenters. The van der Waals surface area contributed by atoms with Crippen LogP contribution < -0.4 is 9.21 Å². The number of rotatable bonds is 5. The van der Waals surface area contributed by atoms with E-state index in [-0.39, 0.29) is 31.9 Å². The van der Waals surface area contributed by atoms with Gasteiger partial charge in [-0.2, -0.15) is 13.2 Å². The van der Waals surface area contributed by atoms with Crippen molar-refractivity contribution < 1.29 is 35.2 Å². The molecule has 0 radical (unpaired) electrons. The van der Waals surface area contributed by atoms with Gasteiger partial charge in [0.1, 0.15) is 6.04 Å². The first kappa shape index (κ1) is 24.7. The predicted octanol–water partition coefficient (Wildman–Crippen LogP) is 3.49. The maximum atomic E-state index is 13.7. The molecule has 1 aliphatic heterocycles. The number of hydrogen-bond acceptors (Lipinski definition) is 4. The maximum Gasteiger partial charge on any atom is 0.416 e. The molecule has 1 saturated heterocycles. The number of benzene rings is 2. The molecule has 3 rings (SSSR count). The van der Waals surface area contributed by atoms with E-state index in [2.05, 4.69) is 0 Å². The van der Waals surface area contributed by atoms with Crippen LogP contribution in [0.1, 0.15) is 12.5 Å². The number of alkyl halides is 3. The highest BCUT2D eigenvalue weighted by atomic mass is 32.2. The number of piperazine rings is 1.